The van der Waals surface area contributed by atoms with Gasteiger partial charge in [-0.05, 0) is 37.3 Å². The van der Waals surface area contributed by atoms with E-state index < -0.39 is 5.97 Å². The molecule has 0 saturated carbocycles. The summed E-state index contributed by atoms with van der Waals surface area (Å²) in [6.07, 6.45) is 4.82. The molecular formula is C22H30N2O7S. The predicted octanol–water partition coefficient (Wildman–Crippen LogP) is 3.36. The molecule has 10 heteroatoms. The monoisotopic (exact) mass is 466 g/mol. The van der Waals surface area contributed by atoms with Gasteiger partial charge in [0.05, 0.1) is 17.9 Å². The molecule has 0 heterocycles. The summed E-state index contributed by atoms with van der Waals surface area (Å²) in [7, 11) is 1.61. The zero-order valence-corrected chi connectivity index (χ0v) is 19.4. The minimum absolute atomic E-state index is 0.0796. The van der Waals surface area contributed by atoms with Crippen molar-refractivity contribution in [3.05, 3.63) is 29.8 Å². The third-order valence-corrected chi connectivity index (χ3v) is 4.65. The number of aromatic carboxylic acids is 1. The second-order valence-corrected chi connectivity index (χ2v) is 7.72. The lowest BCUT2D eigenvalue weighted by Crippen LogP contribution is -2.26. The van der Waals surface area contributed by atoms with E-state index in [9.17, 15) is 24.3 Å². The van der Waals surface area contributed by atoms with Gasteiger partial charge in [0.15, 0.2) is 11.5 Å². The van der Waals surface area contributed by atoms with Gasteiger partial charge in [0.2, 0.25) is 11.8 Å². The van der Waals surface area contributed by atoms with Gasteiger partial charge in [-0.25, -0.2) is 4.79 Å². The van der Waals surface area contributed by atoms with Gasteiger partial charge in [-0.3, -0.25) is 14.4 Å². The number of anilines is 1. The smallest absolute Gasteiger partial charge is 0.335 e. The lowest BCUT2D eigenvalue weighted by molar-refractivity contribution is -0.125. The lowest BCUT2D eigenvalue weighted by Gasteiger charge is -2.17. The van der Waals surface area contributed by atoms with Gasteiger partial charge in [-0.1, -0.05) is 13.8 Å². The Morgan fingerprint density at radius 2 is 1.97 bits per heavy atom. The summed E-state index contributed by atoms with van der Waals surface area (Å²) in [4.78, 5) is 47.3. The number of unbranched alkanes of at least 4 members (excludes halogenated alkanes) is 1. The van der Waals surface area contributed by atoms with Gasteiger partial charge < -0.3 is 24.2 Å². The van der Waals surface area contributed by atoms with Gasteiger partial charge in [0.25, 0.3) is 0 Å². The Bertz CT molecular complexity index is 840. The Morgan fingerprint density at radius 3 is 2.56 bits per heavy atom. The van der Waals surface area contributed by atoms with E-state index in [0.717, 1.165) is 12.5 Å². The van der Waals surface area contributed by atoms with Gasteiger partial charge in [0.1, 0.15) is 6.29 Å². The molecule has 0 aliphatic carbocycles. The first-order valence-electron chi connectivity index (χ1n) is 10.2. The Morgan fingerprint density at radius 1 is 1.25 bits per heavy atom. The summed E-state index contributed by atoms with van der Waals surface area (Å²) in [6.45, 7) is 4.86. The van der Waals surface area contributed by atoms with Crippen molar-refractivity contribution in [3.8, 4) is 11.5 Å². The number of allylic oxidation sites excluding steroid dienone is 1. The highest BCUT2D eigenvalue weighted by molar-refractivity contribution is 7.75. The topological polar surface area (TPSA) is 122 Å². The van der Waals surface area contributed by atoms with Gasteiger partial charge in [0, 0.05) is 45.1 Å². The summed E-state index contributed by atoms with van der Waals surface area (Å²) in [5.41, 5.74) is 0.109. The van der Waals surface area contributed by atoms with Crippen molar-refractivity contribution in [1.29, 1.82) is 0 Å². The summed E-state index contributed by atoms with van der Waals surface area (Å²) >= 11 is 3.78. The molecular weight excluding hydrogens is 436 g/mol. The molecule has 0 radical (unpaired) electrons. The van der Waals surface area contributed by atoms with Crippen molar-refractivity contribution in [2.24, 2.45) is 5.92 Å². The molecule has 0 saturated heterocycles. The molecule has 0 aromatic heterocycles. The van der Waals surface area contributed by atoms with Crippen LogP contribution in [0.4, 0.5) is 5.69 Å². The molecule has 0 fully saturated rings. The third-order valence-electron chi connectivity index (χ3n) is 4.46. The summed E-state index contributed by atoms with van der Waals surface area (Å²) < 4.78 is 10.7. The summed E-state index contributed by atoms with van der Waals surface area (Å²) in [6, 6.07) is 2.59. The van der Waals surface area contributed by atoms with E-state index in [-0.39, 0.29) is 41.0 Å². The average Bonchev–Trinajstić information content (AvgIpc) is 2.74. The number of hydrogen-bond acceptors (Lipinski definition) is 7. The molecule has 0 unspecified atom stereocenters. The number of benzene rings is 1. The molecule has 0 atom stereocenters. The van der Waals surface area contributed by atoms with E-state index in [1.54, 1.807) is 7.05 Å². The number of likely N-dealkylation sites (N-methyl/N-ethyl adjacent to an activating group) is 1. The average molecular weight is 467 g/mol. The zero-order chi connectivity index (χ0) is 24.1. The highest BCUT2D eigenvalue weighted by atomic mass is 32.1. The summed E-state index contributed by atoms with van der Waals surface area (Å²) in [5, 5.41) is 12.0. The fourth-order valence-corrected chi connectivity index (χ4v) is 2.77. The molecule has 32 heavy (non-hydrogen) atoms. The first-order chi connectivity index (χ1) is 15.2. The Kier molecular flexibility index (Phi) is 11.9. The van der Waals surface area contributed by atoms with Crippen LogP contribution in [0.15, 0.2) is 24.3 Å². The minimum Gasteiger partial charge on any atom is -0.488 e. The van der Waals surface area contributed by atoms with Crippen molar-refractivity contribution < 1.29 is 33.2 Å². The second kappa shape index (κ2) is 14.1. The minimum atomic E-state index is -1.18. The van der Waals surface area contributed by atoms with E-state index in [1.807, 2.05) is 13.8 Å². The predicted molar refractivity (Wildman–Crippen MR) is 123 cm³/mol. The van der Waals surface area contributed by atoms with Crippen molar-refractivity contribution in [3.63, 3.8) is 0 Å². The third kappa shape index (κ3) is 9.42. The molecule has 1 rings (SSSR count). The highest BCUT2D eigenvalue weighted by Crippen LogP contribution is 2.38. The van der Waals surface area contributed by atoms with Crippen LogP contribution >= 0.6 is 12.9 Å². The van der Waals surface area contributed by atoms with Gasteiger partial charge in [-0.2, -0.15) is 0 Å². The maximum atomic E-state index is 12.4. The number of nitrogens with zero attached hydrogens (tertiary/aromatic N) is 1. The van der Waals surface area contributed by atoms with Crippen LogP contribution in [0.2, 0.25) is 0 Å². The number of amides is 2. The second-order valence-electron chi connectivity index (χ2n) is 7.54. The molecule has 1 aromatic rings. The van der Waals surface area contributed by atoms with Crippen molar-refractivity contribution >= 4 is 42.7 Å². The van der Waals surface area contributed by atoms with Crippen molar-refractivity contribution in [1.82, 2.24) is 4.90 Å². The number of nitrogens with one attached hydrogen (secondary N) is 1. The molecule has 0 bridgehead atoms. The molecule has 0 spiro atoms. The van der Waals surface area contributed by atoms with E-state index in [4.69, 9.17) is 8.92 Å². The first-order valence-corrected chi connectivity index (χ1v) is 10.6. The lowest BCUT2D eigenvalue weighted by atomic mass is 10.1. The fraction of sp³-hybridized carbons (Fsp3) is 0.455. The maximum Gasteiger partial charge on any atom is 0.335 e. The largest absolute Gasteiger partial charge is 0.488 e. The molecule has 2 amide bonds. The molecule has 0 aliphatic heterocycles. The standard InChI is InChI=1S/C22H30N2O7S/c1-15(2)9-12-30-21-17(13-16(22(28)29)14-18(21)31-32)23-19(26)7-4-5-10-24(3)20(27)8-6-11-25/h6,8,11,13-15,32H,4-5,7,9-10,12H2,1-3H3,(H,23,26)(H,28,29)/b8-6-. The molecule has 0 aliphatic rings. The van der Waals surface area contributed by atoms with Crippen LogP contribution in [-0.2, 0) is 14.4 Å². The van der Waals surface area contributed by atoms with Crippen LogP contribution in [0.1, 0.15) is 49.9 Å². The van der Waals surface area contributed by atoms with E-state index in [1.165, 1.54) is 23.1 Å². The molecule has 176 valence electrons. The highest BCUT2D eigenvalue weighted by Gasteiger charge is 2.19. The van der Waals surface area contributed by atoms with E-state index >= 15 is 0 Å². The number of aldehydes is 1. The van der Waals surface area contributed by atoms with Crippen LogP contribution < -0.4 is 14.2 Å². The van der Waals surface area contributed by atoms with E-state index in [2.05, 4.69) is 18.2 Å². The van der Waals surface area contributed by atoms with Gasteiger partial charge in [-0.15, -0.1) is 0 Å². The Hall–Kier alpha value is -3.01. The van der Waals surface area contributed by atoms with Crippen LogP contribution in [0.5, 0.6) is 11.5 Å². The van der Waals surface area contributed by atoms with Crippen molar-refractivity contribution in [2.45, 2.75) is 39.5 Å². The SMILES string of the molecule is CC(C)CCOc1c(NC(=O)CCCCN(C)C(=O)/C=C\C=O)cc(C(=O)O)cc1OS. The number of rotatable bonds is 14. The van der Waals surface area contributed by atoms with Crippen LogP contribution in [0, 0.1) is 5.92 Å². The quantitative estimate of drug-likeness (QED) is 0.126. The zero-order valence-electron chi connectivity index (χ0n) is 18.5. The van der Waals surface area contributed by atoms with E-state index in [0.29, 0.717) is 38.2 Å². The number of ether oxygens (including phenoxy) is 1. The van der Waals surface area contributed by atoms with Crippen LogP contribution in [-0.4, -0.2) is 54.3 Å². The normalized spacial score (nSPS) is 10.8. The summed E-state index contributed by atoms with van der Waals surface area (Å²) in [5.74, 6) is -1.11. The molecule has 9 nitrogen and oxygen atoms in total. The Balaban J connectivity index is 2.78. The number of carbonyl (C=O) groups excluding carboxylic acids is 3. The number of carbonyl (C=O) groups is 4. The molecule has 2 N–H and O–H groups in total. The molecule has 1 aromatic carbocycles. The number of thiol groups is 1. The number of hydrogen-bond donors (Lipinski definition) is 3. The fourth-order valence-electron chi connectivity index (χ4n) is 2.64. The number of carboxylic acids is 1. The van der Waals surface area contributed by atoms with Crippen LogP contribution in [0.25, 0.3) is 0 Å². The van der Waals surface area contributed by atoms with Crippen molar-refractivity contribution in [2.75, 3.05) is 25.5 Å². The maximum absolute atomic E-state index is 12.4. The Labute approximate surface area is 193 Å². The van der Waals surface area contributed by atoms with Crippen LogP contribution in [0.3, 0.4) is 0 Å². The van der Waals surface area contributed by atoms with Gasteiger partial charge >= 0.3 is 5.97 Å². The first kappa shape index (κ1) is 27.0. The number of carboxylic acid groups (broad SMARTS) is 1.